The molecule has 0 aromatic heterocycles. The Morgan fingerprint density at radius 2 is 2.05 bits per heavy atom. The summed E-state index contributed by atoms with van der Waals surface area (Å²) in [5.41, 5.74) is 1.43. The second-order valence-electron chi connectivity index (χ2n) is 6.80. The van der Waals surface area contributed by atoms with E-state index in [1.165, 1.54) is 12.0 Å². The molecule has 110 valence electrons. The lowest BCUT2D eigenvalue weighted by Gasteiger charge is -2.38. The number of nitrogens with one attached hydrogen (secondary N) is 1. The summed E-state index contributed by atoms with van der Waals surface area (Å²) < 4.78 is 0. The Balaban J connectivity index is 1.89. The average molecular weight is 273 g/mol. The fraction of sp³-hybridized carbons (Fsp3) is 0.611. The van der Waals surface area contributed by atoms with Crippen LogP contribution in [-0.2, 0) is 4.79 Å². The van der Waals surface area contributed by atoms with Gasteiger partial charge in [-0.05, 0) is 42.7 Å². The van der Waals surface area contributed by atoms with Crippen LogP contribution < -0.4 is 5.32 Å². The van der Waals surface area contributed by atoms with Gasteiger partial charge in [0.15, 0.2) is 0 Å². The van der Waals surface area contributed by atoms with E-state index < -0.39 is 0 Å². The summed E-state index contributed by atoms with van der Waals surface area (Å²) in [5.74, 6) is 0.837. The molecule has 1 saturated heterocycles. The van der Waals surface area contributed by atoms with Gasteiger partial charge in [0.2, 0.25) is 0 Å². The average Bonchev–Trinajstić information content (AvgIpc) is 2.45. The monoisotopic (exact) mass is 273 g/mol. The Kier molecular flexibility index (Phi) is 4.98. The van der Waals surface area contributed by atoms with Crippen LogP contribution in [0.5, 0.6) is 0 Å². The molecule has 1 aromatic rings. The van der Waals surface area contributed by atoms with Crippen molar-refractivity contribution in [3.63, 3.8) is 0 Å². The van der Waals surface area contributed by atoms with Crippen LogP contribution in [0, 0.1) is 5.41 Å². The van der Waals surface area contributed by atoms with Gasteiger partial charge in [0.25, 0.3) is 0 Å². The van der Waals surface area contributed by atoms with E-state index in [9.17, 15) is 4.79 Å². The largest absolute Gasteiger partial charge is 0.307 e. The molecule has 1 aromatic carbocycles. The SMILES string of the molecule is CC(CCC(=O)C1NCCCC1(C)C)c1ccccc1. The molecule has 0 spiro atoms. The van der Waals surface area contributed by atoms with Gasteiger partial charge in [-0.3, -0.25) is 4.79 Å². The van der Waals surface area contributed by atoms with Gasteiger partial charge in [-0.1, -0.05) is 51.1 Å². The highest BCUT2D eigenvalue weighted by Crippen LogP contribution is 2.32. The van der Waals surface area contributed by atoms with Gasteiger partial charge < -0.3 is 5.32 Å². The Bertz CT molecular complexity index is 438. The van der Waals surface area contributed by atoms with Gasteiger partial charge in [0, 0.05) is 6.42 Å². The predicted octanol–water partition coefficient (Wildman–Crippen LogP) is 3.92. The van der Waals surface area contributed by atoms with E-state index in [0.29, 0.717) is 18.1 Å². The normalized spacial score (nSPS) is 23.2. The van der Waals surface area contributed by atoms with Gasteiger partial charge in [0.05, 0.1) is 6.04 Å². The minimum Gasteiger partial charge on any atom is -0.307 e. The third-order valence-corrected chi connectivity index (χ3v) is 4.64. The maximum absolute atomic E-state index is 12.5. The van der Waals surface area contributed by atoms with E-state index in [2.05, 4.69) is 50.4 Å². The quantitative estimate of drug-likeness (QED) is 0.881. The second kappa shape index (κ2) is 6.53. The number of hydrogen-bond acceptors (Lipinski definition) is 2. The molecule has 0 bridgehead atoms. The van der Waals surface area contributed by atoms with Crippen molar-refractivity contribution >= 4 is 5.78 Å². The standard InChI is InChI=1S/C18H27NO/c1-14(15-8-5-4-6-9-15)10-11-16(20)17-18(2,3)12-7-13-19-17/h4-6,8-9,14,17,19H,7,10-13H2,1-3H3. The van der Waals surface area contributed by atoms with Crippen LogP contribution in [-0.4, -0.2) is 18.4 Å². The van der Waals surface area contributed by atoms with E-state index >= 15 is 0 Å². The Labute approximate surface area is 123 Å². The highest BCUT2D eigenvalue weighted by molar-refractivity contribution is 5.85. The van der Waals surface area contributed by atoms with Crippen molar-refractivity contribution in [1.82, 2.24) is 5.32 Å². The topological polar surface area (TPSA) is 29.1 Å². The van der Waals surface area contributed by atoms with Gasteiger partial charge >= 0.3 is 0 Å². The van der Waals surface area contributed by atoms with Crippen molar-refractivity contribution in [2.24, 2.45) is 5.41 Å². The van der Waals surface area contributed by atoms with Crippen molar-refractivity contribution in [3.8, 4) is 0 Å². The molecule has 2 unspecified atom stereocenters. The zero-order valence-corrected chi connectivity index (χ0v) is 13.0. The van der Waals surface area contributed by atoms with E-state index in [0.717, 1.165) is 19.4 Å². The molecule has 2 heteroatoms. The smallest absolute Gasteiger partial charge is 0.150 e. The molecule has 2 nitrogen and oxygen atoms in total. The first-order chi connectivity index (χ1) is 9.50. The van der Waals surface area contributed by atoms with Gasteiger partial charge in [-0.2, -0.15) is 0 Å². The van der Waals surface area contributed by atoms with Crippen LogP contribution in [0.15, 0.2) is 30.3 Å². The molecule has 1 aliphatic rings. The Hall–Kier alpha value is -1.15. The van der Waals surface area contributed by atoms with E-state index in [1.807, 2.05) is 6.07 Å². The molecule has 0 amide bonds. The van der Waals surface area contributed by atoms with Gasteiger partial charge in [0.1, 0.15) is 5.78 Å². The number of benzene rings is 1. The zero-order chi connectivity index (χ0) is 14.6. The number of carbonyl (C=O) groups is 1. The summed E-state index contributed by atoms with van der Waals surface area (Å²) in [4.78, 5) is 12.5. The molecule has 1 heterocycles. The Morgan fingerprint density at radius 1 is 1.35 bits per heavy atom. The maximum atomic E-state index is 12.5. The zero-order valence-electron chi connectivity index (χ0n) is 13.0. The summed E-state index contributed by atoms with van der Waals surface area (Å²) in [5, 5.41) is 3.42. The molecule has 1 fully saturated rings. The van der Waals surface area contributed by atoms with Crippen LogP contribution in [0.25, 0.3) is 0 Å². The minimum atomic E-state index is 0.0409. The predicted molar refractivity (Wildman–Crippen MR) is 83.9 cm³/mol. The summed E-state index contributed by atoms with van der Waals surface area (Å²) in [7, 11) is 0. The summed E-state index contributed by atoms with van der Waals surface area (Å²) in [6.07, 6.45) is 3.94. The fourth-order valence-corrected chi connectivity index (χ4v) is 3.21. The van der Waals surface area contributed by atoms with Crippen molar-refractivity contribution < 1.29 is 4.79 Å². The first kappa shape index (κ1) is 15.2. The molecule has 0 aliphatic carbocycles. The first-order valence-electron chi connectivity index (χ1n) is 7.82. The molecule has 2 atom stereocenters. The van der Waals surface area contributed by atoms with Gasteiger partial charge in [-0.15, -0.1) is 0 Å². The number of hydrogen-bond donors (Lipinski definition) is 1. The number of Topliss-reactive ketones (excluding diaryl/α,β-unsaturated/α-hetero) is 1. The molecule has 1 N–H and O–H groups in total. The lowest BCUT2D eigenvalue weighted by atomic mass is 9.75. The molecular weight excluding hydrogens is 246 g/mol. The third-order valence-electron chi connectivity index (χ3n) is 4.64. The van der Waals surface area contributed by atoms with Crippen LogP contribution in [0.1, 0.15) is 57.9 Å². The fourth-order valence-electron chi connectivity index (χ4n) is 3.21. The molecule has 1 aliphatic heterocycles. The highest BCUT2D eigenvalue weighted by atomic mass is 16.1. The lowest BCUT2D eigenvalue weighted by Crippen LogP contribution is -2.51. The number of ketones is 1. The van der Waals surface area contributed by atoms with Crippen LogP contribution in [0.4, 0.5) is 0 Å². The van der Waals surface area contributed by atoms with E-state index in [-0.39, 0.29) is 11.5 Å². The first-order valence-corrected chi connectivity index (χ1v) is 7.82. The van der Waals surface area contributed by atoms with Crippen molar-refractivity contribution in [3.05, 3.63) is 35.9 Å². The minimum absolute atomic E-state index is 0.0409. The van der Waals surface area contributed by atoms with Crippen LogP contribution in [0.3, 0.4) is 0 Å². The van der Waals surface area contributed by atoms with Crippen LogP contribution >= 0.6 is 0 Å². The van der Waals surface area contributed by atoms with E-state index in [1.54, 1.807) is 0 Å². The number of carbonyl (C=O) groups excluding carboxylic acids is 1. The molecule has 2 rings (SSSR count). The number of piperidine rings is 1. The summed E-state index contributed by atoms with van der Waals surface area (Å²) in [6, 6.07) is 10.5. The molecular formula is C18H27NO. The third kappa shape index (κ3) is 3.69. The van der Waals surface area contributed by atoms with Crippen molar-refractivity contribution in [2.75, 3.05) is 6.54 Å². The molecule has 20 heavy (non-hydrogen) atoms. The molecule has 0 saturated carbocycles. The van der Waals surface area contributed by atoms with E-state index in [4.69, 9.17) is 0 Å². The van der Waals surface area contributed by atoms with Crippen molar-refractivity contribution in [2.45, 2.75) is 58.4 Å². The molecule has 0 radical (unpaired) electrons. The maximum Gasteiger partial charge on any atom is 0.150 e. The number of rotatable bonds is 5. The Morgan fingerprint density at radius 3 is 2.70 bits per heavy atom. The second-order valence-corrected chi connectivity index (χ2v) is 6.80. The van der Waals surface area contributed by atoms with Crippen LogP contribution in [0.2, 0.25) is 0 Å². The van der Waals surface area contributed by atoms with Crippen molar-refractivity contribution in [1.29, 1.82) is 0 Å². The summed E-state index contributed by atoms with van der Waals surface area (Å²) >= 11 is 0. The highest BCUT2D eigenvalue weighted by Gasteiger charge is 2.36. The lowest BCUT2D eigenvalue weighted by molar-refractivity contribution is -0.124. The summed E-state index contributed by atoms with van der Waals surface area (Å²) in [6.45, 7) is 7.61. The van der Waals surface area contributed by atoms with Gasteiger partial charge in [-0.25, -0.2) is 0 Å².